The van der Waals surface area contributed by atoms with Gasteiger partial charge in [0.1, 0.15) is 5.75 Å². The first-order chi connectivity index (χ1) is 4.86. The van der Waals surface area contributed by atoms with Crippen LogP contribution in [0.2, 0.25) is 0 Å². The summed E-state index contributed by atoms with van der Waals surface area (Å²) in [5.74, 6) is 1.18. The number of hydrogen-bond acceptors (Lipinski definition) is 1. The molecule has 11 heavy (non-hydrogen) atoms. The minimum Gasteiger partial charge on any atom is -0.126 e. The van der Waals surface area contributed by atoms with Crippen molar-refractivity contribution in [2.24, 2.45) is 0 Å². The molecule has 0 aromatic carbocycles. The predicted molar refractivity (Wildman–Crippen MR) is 56.3 cm³/mol. The van der Waals surface area contributed by atoms with Crippen LogP contribution in [0.4, 0.5) is 0 Å². The zero-order valence-corrected chi connectivity index (χ0v) is 9.85. The summed E-state index contributed by atoms with van der Waals surface area (Å²) in [6, 6.07) is 0. The van der Waals surface area contributed by atoms with Gasteiger partial charge in [-0.2, -0.15) is 0 Å². The van der Waals surface area contributed by atoms with Gasteiger partial charge in [0.25, 0.3) is 0 Å². The lowest BCUT2D eigenvalue weighted by atomic mass is 10.0. The summed E-state index contributed by atoms with van der Waals surface area (Å²) in [5, 5.41) is 0. The average molecular weight is 217 g/mol. The Hall–Kier alpha value is 0.890. The molecule has 4 heteroatoms. The van der Waals surface area contributed by atoms with Crippen molar-refractivity contribution in [2.75, 3.05) is 18.3 Å². The number of hydrogen-bond donors (Lipinski definition) is 0. The third-order valence-corrected chi connectivity index (χ3v) is 3.52. The van der Waals surface area contributed by atoms with Crippen molar-refractivity contribution >= 4 is 34.4 Å². The fourth-order valence-corrected chi connectivity index (χ4v) is 1.62. The number of halogens is 2. The fraction of sp³-hybridized carbons (Fsp3) is 1.00. The zero-order valence-electron chi connectivity index (χ0n) is 7.53. The lowest BCUT2D eigenvalue weighted by Crippen LogP contribution is -2.33. The Kier molecular flexibility index (Phi) is 5.19. The highest BCUT2D eigenvalue weighted by atomic mass is 35.5. The Balaban J connectivity index is 3.73. The van der Waals surface area contributed by atoms with Crippen molar-refractivity contribution in [1.29, 1.82) is 0 Å². The second-order valence-corrected chi connectivity index (χ2v) is 6.71. The molecule has 0 N–H and O–H groups in total. The van der Waals surface area contributed by atoms with Gasteiger partial charge < -0.3 is 0 Å². The van der Waals surface area contributed by atoms with Crippen LogP contribution in [0.3, 0.4) is 0 Å². The maximum absolute atomic E-state index is 5.65. The normalized spacial score (nSPS) is 13.1. The smallest absolute Gasteiger partial charge is 0.109 e. The summed E-state index contributed by atoms with van der Waals surface area (Å²) in [6.07, 6.45) is 5.49. The van der Waals surface area contributed by atoms with Crippen LogP contribution in [0.15, 0.2) is 0 Å². The van der Waals surface area contributed by atoms with E-state index in [2.05, 4.69) is 12.5 Å². The highest BCUT2D eigenvalue weighted by Gasteiger charge is 2.26. The molecule has 0 aliphatic rings. The summed E-state index contributed by atoms with van der Waals surface area (Å²) in [6.45, 7) is 4.08. The molecular formula is C7H16Cl2NS+. The van der Waals surface area contributed by atoms with E-state index in [9.17, 15) is 0 Å². The Bertz CT molecular complexity index is 115. The highest BCUT2D eigenvalue weighted by molar-refractivity contribution is 7.95. The lowest BCUT2D eigenvalue weighted by Gasteiger charge is -2.26. The van der Waals surface area contributed by atoms with Crippen LogP contribution in [0.1, 0.15) is 20.3 Å². The first-order valence-electron chi connectivity index (χ1n) is 3.52. The molecule has 0 aromatic rings. The van der Waals surface area contributed by atoms with Gasteiger partial charge in [-0.05, 0) is 48.3 Å². The molecule has 0 heterocycles. The third-order valence-electron chi connectivity index (χ3n) is 1.58. The summed E-state index contributed by atoms with van der Waals surface area (Å²) in [7, 11) is 0.477. The van der Waals surface area contributed by atoms with Gasteiger partial charge in [-0.1, -0.05) is 0 Å². The Morgan fingerprint density at radius 1 is 1.27 bits per heavy atom. The molecule has 68 valence electrons. The van der Waals surface area contributed by atoms with Crippen molar-refractivity contribution in [3.8, 4) is 0 Å². The first kappa shape index (κ1) is 11.9. The molecule has 0 amide bonds. The van der Waals surface area contributed by atoms with Gasteiger partial charge in [-0.25, -0.2) is 0 Å². The quantitative estimate of drug-likeness (QED) is 0.517. The van der Waals surface area contributed by atoms with Crippen LogP contribution in [0, 0.1) is 0 Å². The molecule has 0 unspecified atom stereocenters. The monoisotopic (exact) mass is 216 g/mol. The minimum atomic E-state index is -0.0968. The largest absolute Gasteiger partial charge is 0.126 e. The van der Waals surface area contributed by atoms with E-state index in [-0.39, 0.29) is 5.54 Å². The molecule has 0 saturated heterocycles. The molecule has 0 bridgehead atoms. The lowest BCUT2D eigenvalue weighted by molar-refractivity contribution is 0.343. The van der Waals surface area contributed by atoms with Crippen LogP contribution in [0.25, 0.3) is 0 Å². The topological polar surface area (TPSA) is 3.24 Å². The molecule has 0 fully saturated rings. The van der Waals surface area contributed by atoms with Gasteiger partial charge in [0, 0.05) is 6.42 Å². The van der Waals surface area contributed by atoms with Gasteiger partial charge in [0.05, 0.1) is 18.1 Å². The molecular weight excluding hydrogens is 201 g/mol. The number of nitrogens with zero attached hydrogens (tertiary/aromatic N) is 1. The van der Waals surface area contributed by atoms with E-state index in [4.69, 9.17) is 23.6 Å². The standard InChI is InChI=1S/C7H16Cl2NS/c1-7(2,10(8)9)5-6-11(3)4/h5-6H2,1-4H3/q+1. The molecule has 0 aliphatic heterocycles. The molecule has 0 radical (unpaired) electrons. The van der Waals surface area contributed by atoms with Crippen molar-refractivity contribution in [1.82, 2.24) is 3.94 Å². The second kappa shape index (κ2) is 4.80. The fourth-order valence-electron chi connectivity index (χ4n) is 0.538. The van der Waals surface area contributed by atoms with Gasteiger partial charge in [-0.3, -0.25) is 0 Å². The predicted octanol–water partition coefficient (Wildman–Crippen LogP) is 2.64. The maximum atomic E-state index is 5.65. The summed E-state index contributed by atoms with van der Waals surface area (Å²) >= 11 is 11.3. The Labute approximate surface area is 82.6 Å². The van der Waals surface area contributed by atoms with Gasteiger partial charge in [0.15, 0.2) is 0 Å². The SMILES string of the molecule is C[S+](C)CCC(C)(C)N(Cl)Cl. The summed E-state index contributed by atoms with van der Waals surface area (Å²) < 4.78 is 1.25. The molecule has 0 saturated carbocycles. The third kappa shape index (κ3) is 5.18. The molecule has 0 atom stereocenters. The van der Waals surface area contributed by atoms with E-state index in [1.54, 1.807) is 0 Å². The van der Waals surface area contributed by atoms with Crippen molar-refractivity contribution in [2.45, 2.75) is 25.8 Å². The first-order valence-corrected chi connectivity index (χ1v) is 6.41. The molecule has 0 rings (SSSR count). The Morgan fingerprint density at radius 3 is 2.00 bits per heavy atom. The average Bonchev–Trinajstić information content (AvgIpc) is 1.84. The van der Waals surface area contributed by atoms with E-state index in [0.717, 1.165) is 6.42 Å². The zero-order chi connectivity index (χ0) is 9.07. The van der Waals surface area contributed by atoms with Crippen molar-refractivity contribution < 1.29 is 0 Å². The summed E-state index contributed by atoms with van der Waals surface area (Å²) in [4.78, 5) is 0. The van der Waals surface area contributed by atoms with E-state index >= 15 is 0 Å². The second-order valence-electron chi connectivity index (χ2n) is 3.49. The highest BCUT2D eigenvalue weighted by Crippen LogP contribution is 2.23. The van der Waals surface area contributed by atoms with Crippen molar-refractivity contribution in [3.05, 3.63) is 0 Å². The van der Waals surface area contributed by atoms with Gasteiger partial charge >= 0.3 is 0 Å². The van der Waals surface area contributed by atoms with Gasteiger partial charge in [-0.15, -0.1) is 3.94 Å². The maximum Gasteiger partial charge on any atom is 0.109 e. The van der Waals surface area contributed by atoms with E-state index in [1.807, 2.05) is 13.8 Å². The molecule has 1 nitrogen and oxygen atoms in total. The molecule has 0 spiro atoms. The van der Waals surface area contributed by atoms with Crippen LogP contribution < -0.4 is 0 Å². The van der Waals surface area contributed by atoms with Crippen LogP contribution in [-0.2, 0) is 10.9 Å². The Morgan fingerprint density at radius 2 is 1.73 bits per heavy atom. The van der Waals surface area contributed by atoms with E-state index in [0.29, 0.717) is 10.9 Å². The summed E-state index contributed by atoms with van der Waals surface area (Å²) in [5.41, 5.74) is -0.0968. The molecule has 0 aliphatic carbocycles. The van der Waals surface area contributed by atoms with Crippen molar-refractivity contribution in [3.63, 3.8) is 0 Å². The number of rotatable bonds is 4. The van der Waals surface area contributed by atoms with Crippen LogP contribution >= 0.6 is 23.6 Å². The van der Waals surface area contributed by atoms with E-state index < -0.39 is 0 Å². The van der Waals surface area contributed by atoms with Gasteiger partial charge in [0.2, 0.25) is 0 Å². The molecule has 0 aromatic heterocycles. The van der Waals surface area contributed by atoms with E-state index in [1.165, 1.54) is 9.69 Å². The minimum absolute atomic E-state index is 0.0968. The van der Waals surface area contributed by atoms with Crippen LogP contribution in [-0.4, -0.2) is 27.7 Å². The van der Waals surface area contributed by atoms with Crippen LogP contribution in [0.5, 0.6) is 0 Å².